The van der Waals surface area contributed by atoms with Crippen LogP contribution in [0.4, 0.5) is 4.39 Å². The summed E-state index contributed by atoms with van der Waals surface area (Å²) in [5, 5.41) is 6.62. The van der Waals surface area contributed by atoms with E-state index in [9.17, 15) is 9.18 Å². The first-order chi connectivity index (χ1) is 11.1. The number of amides is 1. The van der Waals surface area contributed by atoms with Gasteiger partial charge < -0.3 is 9.84 Å². The van der Waals surface area contributed by atoms with Crippen molar-refractivity contribution in [3.05, 3.63) is 77.2 Å². The second-order valence-corrected chi connectivity index (χ2v) is 5.21. The van der Waals surface area contributed by atoms with Gasteiger partial charge in [0.2, 0.25) is 0 Å². The third kappa shape index (κ3) is 3.45. The minimum atomic E-state index is -0.376. The fourth-order valence-electron chi connectivity index (χ4n) is 2.16. The van der Waals surface area contributed by atoms with E-state index in [4.69, 9.17) is 4.52 Å². The number of nitrogens with one attached hydrogen (secondary N) is 1. The standard InChI is InChI=1S/C18H15FN2O2/c1-12-6-8-13(9-7-12)18(22)20-11-14-10-17(23-21-14)15-4-2-3-5-16(15)19/h2-10H,11H2,1H3,(H,20,22). The fraction of sp³-hybridized carbons (Fsp3) is 0.111. The Bertz CT molecular complexity index is 825. The lowest BCUT2D eigenvalue weighted by molar-refractivity contribution is 0.0950. The molecular weight excluding hydrogens is 295 g/mol. The number of halogens is 1. The normalized spacial score (nSPS) is 10.5. The van der Waals surface area contributed by atoms with Crippen molar-refractivity contribution in [3.63, 3.8) is 0 Å². The summed E-state index contributed by atoms with van der Waals surface area (Å²) in [6.45, 7) is 2.17. The Kier molecular flexibility index (Phi) is 4.19. The quantitative estimate of drug-likeness (QED) is 0.799. The molecule has 3 rings (SSSR count). The average Bonchev–Trinajstić information content (AvgIpc) is 3.02. The summed E-state index contributed by atoms with van der Waals surface area (Å²) >= 11 is 0. The summed E-state index contributed by atoms with van der Waals surface area (Å²) in [5.41, 5.74) is 2.54. The Morgan fingerprint density at radius 1 is 1.17 bits per heavy atom. The van der Waals surface area contributed by atoms with Crippen molar-refractivity contribution >= 4 is 5.91 Å². The van der Waals surface area contributed by atoms with E-state index in [2.05, 4.69) is 10.5 Å². The van der Waals surface area contributed by atoms with Gasteiger partial charge in [0.25, 0.3) is 5.91 Å². The van der Waals surface area contributed by atoms with Crippen molar-refractivity contribution in [2.75, 3.05) is 0 Å². The number of benzene rings is 2. The van der Waals surface area contributed by atoms with Gasteiger partial charge in [-0.1, -0.05) is 35.0 Å². The van der Waals surface area contributed by atoms with Crippen LogP contribution >= 0.6 is 0 Å². The van der Waals surface area contributed by atoms with Gasteiger partial charge in [-0.3, -0.25) is 4.79 Å². The zero-order chi connectivity index (χ0) is 16.2. The first-order valence-corrected chi connectivity index (χ1v) is 7.19. The number of nitrogens with zero attached hydrogens (tertiary/aromatic N) is 1. The molecule has 5 heteroatoms. The maximum absolute atomic E-state index is 13.7. The van der Waals surface area contributed by atoms with Crippen molar-refractivity contribution in [1.29, 1.82) is 0 Å². The predicted octanol–water partition coefficient (Wildman–Crippen LogP) is 3.72. The average molecular weight is 310 g/mol. The highest BCUT2D eigenvalue weighted by atomic mass is 19.1. The highest BCUT2D eigenvalue weighted by molar-refractivity contribution is 5.94. The molecule has 0 bridgehead atoms. The fourth-order valence-corrected chi connectivity index (χ4v) is 2.16. The molecule has 0 unspecified atom stereocenters. The Labute approximate surface area is 132 Å². The molecule has 0 saturated carbocycles. The molecule has 0 aliphatic heterocycles. The van der Waals surface area contributed by atoms with Gasteiger partial charge in [0, 0.05) is 11.6 Å². The van der Waals surface area contributed by atoms with Crippen molar-refractivity contribution in [2.24, 2.45) is 0 Å². The first kappa shape index (κ1) is 15.0. The van der Waals surface area contributed by atoms with Crippen molar-refractivity contribution in [2.45, 2.75) is 13.5 Å². The summed E-state index contributed by atoms with van der Waals surface area (Å²) < 4.78 is 18.8. The molecule has 0 atom stereocenters. The van der Waals surface area contributed by atoms with Gasteiger partial charge in [-0.2, -0.15) is 0 Å². The van der Waals surface area contributed by atoms with Crippen LogP contribution in [0.5, 0.6) is 0 Å². The van der Waals surface area contributed by atoms with Crippen LogP contribution in [0.25, 0.3) is 11.3 Å². The molecule has 0 radical (unpaired) electrons. The number of carbonyl (C=O) groups excluding carboxylic acids is 1. The third-order valence-corrected chi connectivity index (χ3v) is 3.44. The second-order valence-electron chi connectivity index (χ2n) is 5.21. The molecule has 4 nitrogen and oxygen atoms in total. The molecule has 3 aromatic rings. The maximum Gasteiger partial charge on any atom is 0.251 e. The largest absolute Gasteiger partial charge is 0.356 e. The SMILES string of the molecule is Cc1ccc(C(=O)NCc2cc(-c3ccccc3F)on2)cc1. The monoisotopic (exact) mass is 310 g/mol. The Morgan fingerprint density at radius 3 is 2.65 bits per heavy atom. The van der Waals surface area contributed by atoms with E-state index < -0.39 is 0 Å². The van der Waals surface area contributed by atoms with E-state index in [1.165, 1.54) is 6.07 Å². The van der Waals surface area contributed by atoms with Crippen LogP contribution in [0.3, 0.4) is 0 Å². The number of aromatic nitrogens is 1. The van der Waals surface area contributed by atoms with Crippen LogP contribution < -0.4 is 5.32 Å². The molecule has 0 saturated heterocycles. The first-order valence-electron chi connectivity index (χ1n) is 7.19. The van der Waals surface area contributed by atoms with E-state index in [0.29, 0.717) is 22.6 Å². The lowest BCUT2D eigenvalue weighted by atomic mass is 10.1. The van der Waals surface area contributed by atoms with Crippen molar-refractivity contribution < 1.29 is 13.7 Å². The number of aryl methyl sites for hydroxylation is 1. The van der Waals surface area contributed by atoms with E-state index >= 15 is 0 Å². The van der Waals surface area contributed by atoms with E-state index in [1.54, 1.807) is 36.4 Å². The molecule has 1 amide bonds. The summed E-state index contributed by atoms with van der Waals surface area (Å²) in [5.74, 6) is -0.234. The lowest BCUT2D eigenvalue weighted by Gasteiger charge is -2.03. The zero-order valence-corrected chi connectivity index (χ0v) is 12.5. The van der Waals surface area contributed by atoms with Gasteiger partial charge in [-0.25, -0.2) is 4.39 Å². The molecular formula is C18H15FN2O2. The molecule has 1 heterocycles. The van der Waals surface area contributed by atoms with Crippen molar-refractivity contribution in [1.82, 2.24) is 10.5 Å². The molecule has 0 aliphatic carbocycles. The van der Waals surface area contributed by atoms with Crippen LogP contribution in [-0.4, -0.2) is 11.1 Å². The highest BCUT2D eigenvalue weighted by Crippen LogP contribution is 2.23. The molecule has 23 heavy (non-hydrogen) atoms. The lowest BCUT2D eigenvalue weighted by Crippen LogP contribution is -2.22. The molecule has 0 fully saturated rings. The highest BCUT2D eigenvalue weighted by Gasteiger charge is 2.12. The van der Waals surface area contributed by atoms with Gasteiger partial charge in [0.15, 0.2) is 5.76 Å². The van der Waals surface area contributed by atoms with E-state index in [-0.39, 0.29) is 18.3 Å². The molecule has 116 valence electrons. The number of carbonyl (C=O) groups is 1. The van der Waals surface area contributed by atoms with Gasteiger partial charge in [-0.05, 0) is 31.2 Å². The van der Waals surface area contributed by atoms with Gasteiger partial charge in [0.05, 0.1) is 12.1 Å². The van der Waals surface area contributed by atoms with E-state index in [1.807, 2.05) is 19.1 Å². The Balaban J connectivity index is 1.67. The van der Waals surface area contributed by atoms with Crippen LogP contribution in [0.1, 0.15) is 21.6 Å². The minimum Gasteiger partial charge on any atom is -0.356 e. The second kappa shape index (κ2) is 6.44. The van der Waals surface area contributed by atoms with E-state index in [0.717, 1.165) is 5.56 Å². The van der Waals surface area contributed by atoms with Gasteiger partial charge in [-0.15, -0.1) is 0 Å². The van der Waals surface area contributed by atoms with Gasteiger partial charge in [0.1, 0.15) is 11.5 Å². The molecule has 1 N–H and O–H groups in total. The summed E-state index contributed by atoms with van der Waals surface area (Å²) in [7, 11) is 0. The number of hydrogen-bond acceptors (Lipinski definition) is 3. The summed E-state index contributed by atoms with van der Waals surface area (Å²) in [4.78, 5) is 12.0. The number of hydrogen-bond donors (Lipinski definition) is 1. The summed E-state index contributed by atoms with van der Waals surface area (Å²) in [6.07, 6.45) is 0. The molecule has 2 aromatic carbocycles. The van der Waals surface area contributed by atoms with Crippen molar-refractivity contribution in [3.8, 4) is 11.3 Å². The minimum absolute atomic E-state index is 0.194. The molecule has 0 aliphatic rings. The smallest absolute Gasteiger partial charge is 0.251 e. The molecule has 0 spiro atoms. The summed E-state index contributed by atoms with van der Waals surface area (Å²) in [6, 6.07) is 15.2. The number of rotatable bonds is 4. The molecule has 1 aromatic heterocycles. The Morgan fingerprint density at radius 2 is 1.91 bits per heavy atom. The third-order valence-electron chi connectivity index (χ3n) is 3.44. The maximum atomic E-state index is 13.7. The van der Waals surface area contributed by atoms with Crippen LogP contribution in [-0.2, 0) is 6.54 Å². The van der Waals surface area contributed by atoms with Gasteiger partial charge >= 0.3 is 0 Å². The zero-order valence-electron chi connectivity index (χ0n) is 12.5. The van der Waals surface area contributed by atoms with Crippen LogP contribution in [0, 0.1) is 12.7 Å². The predicted molar refractivity (Wildman–Crippen MR) is 84.2 cm³/mol. The van der Waals surface area contributed by atoms with Crippen LogP contribution in [0.15, 0.2) is 59.1 Å². The topological polar surface area (TPSA) is 55.1 Å². The van der Waals surface area contributed by atoms with Crippen LogP contribution in [0.2, 0.25) is 0 Å². The Hall–Kier alpha value is -2.95.